The first-order valence-electron chi connectivity index (χ1n) is 6.61. The fraction of sp³-hybridized carbons (Fsp3) is 0.429. The van der Waals surface area contributed by atoms with Gasteiger partial charge in [0.2, 0.25) is 0 Å². The van der Waals surface area contributed by atoms with Crippen LogP contribution in [0, 0.1) is 5.92 Å². The molecule has 0 aliphatic carbocycles. The van der Waals surface area contributed by atoms with E-state index in [2.05, 4.69) is 0 Å². The summed E-state index contributed by atoms with van der Waals surface area (Å²) in [6, 6.07) is 7.42. The number of unbranched alkanes of at least 4 members (excludes halogenated alkanes) is 1. The van der Waals surface area contributed by atoms with Crippen molar-refractivity contribution in [2.75, 3.05) is 0 Å². The molecule has 1 aromatic rings. The minimum Gasteiger partial charge on any atom is -0.481 e. The summed E-state index contributed by atoms with van der Waals surface area (Å²) >= 11 is 0. The molecule has 0 aliphatic rings. The monoisotopic (exact) mass is 332 g/mol. The highest BCUT2D eigenvalue weighted by Gasteiger charge is 2.09. The van der Waals surface area contributed by atoms with Crippen LogP contribution in [0.25, 0.3) is 0 Å². The van der Waals surface area contributed by atoms with Crippen molar-refractivity contribution in [1.29, 1.82) is 0 Å². The largest absolute Gasteiger partial charge is 0.481 e. The van der Waals surface area contributed by atoms with Gasteiger partial charge in [-0.25, -0.2) is 0 Å². The number of hydrogen-bond donors (Lipinski definition) is 3. The standard InChI is InChI=1S/C8H14O4.C6H6O3S/c1-6(8(11)12)4-2-3-5-7(9)10;7-10(8,9)6-4-2-1-3-5-6/h6H,2-5H2,1H3,(H,9,10)(H,11,12);1-5H,(H,7,8,9). The molecule has 0 amide bonds. The van der Waals surface area contributed by atoms with E-state index in [-0.39, 0.29) is 17.2 Å². The van der Waals surface area contributed by atoms with Crippen LogP contribution in [0.4, 0.5) is 0 Å². The number of benzene rings is 1. The van der Waals surface area contributed by atoms with E-state index in [0.717, 1.165) is 0 Å². The molecule has 8 heteroatoms. The topological polar surface area (TPSA) is 129 Å². The quantitative estimate of drug-likeness (QED) is 0.516. The summed E-state index contributed by atoms with van der Waals surface area (Å²) in [4.78, 5) is 20.3. The molecular formula is C14H20O7S. The van der Waals surface area contributed by atoms with E-state index in [1.54, 1.807) is 25.1 Å². The van der Waals surface area contributed by atoms with Crippen molar-refractivity contribution in [1.82, 2.24) is 0 Å². The Hall–Kier alpha value is -1.93. The van der Waals surface area contributed by atoms with Crippen LogP contribution in [0.1, 0.15) is 32.6 Å². The molecule has 0 saturated carbocycles. The maximum absolute atomic E-state index is 10.4. The second-order valence-electron chi connectivity index (χ2n) is 4.67. The third kappa shape index (κ3) is 9.89. The number of carbonyl (C=O) groups is 2. The fourth-order valence-corrected chi connectivity index (χ4v) is 1.94. The van der Waals surface area contributed by atoms with Crippen LogP contribution in [-0.4, -0.2) is 35.1 Å². The van der Waals surface area contributed by atoms with Crippen LogP contribution >= 0.6 is 0 Å². The molecule has 0 bridgehead atoms. The second-order valence-corrected chi connectivity index (χ2v) is 6.09. The van der Waals surface area contributed by atoms with Gasteiger partial charge in [0, 0.05) is 6.42 Å². The van der Waals surface area contributed by atoms with Crippen molar-refractivity contribution in [3.8, 4) is 0 Å². The molecule has 124 valence electrons. The zero-order valence-corrected chi connectivity index (χ0v) is 13.0. The maximum Gasteiger partial charge on any atom is 0.306 e. The zero-order chi connectivity index (χ0) is 17.2. The van der Waals surface area contributed by atoms with Crippen molar-refractivity contribution in [2.45, 2.75) is 37.5 Å². The van der Waals surface area contributed by atoms with Gasteiger partial charge >= 0.3 is 11.9 Å². The molecular weight excluding hydrogens is 312 g/mol. The lowest BCUT2D eigenvalue weighted by molar-refractivity contribution is -0.141. The van der Waals surface area contributed by atoms with Gasteiger partial charge in [-0.2, -0.15) is 8.42 Å². The minimum atomic E-state index is -4.00. The van der Waals surface area contributed by atoms with E-state index < -0.39 is 22.1 Å². The first-order valence-corrected chi connectivity index (χ1v) is 8.05. The van der Waals surface area contributed by atoms with E-state index in [4.69, 9.17) is 14.8 Å². The Kier molecular flexibility index (Phi) is 9.04. The summed E-state index contributed by atoms with van der Waals surface area (Å²) in [6.07, 6.45) is 1.92. The van der Waals surface area contributed by atoms with Gasteiger partial charge in [-0.05, 0) is 25.0 Å². The molecule has 22 heavy (non-hydrogen) atoms. The van der Waals surface area contributed by atoms with Crippen molar-refractivity contribution in [2.24, 2.45) is 5.92 Å². The van der Waals surface area contributed by atoms with Gasteiger partial charge in [0.1, 0.15) is 0 Å². The van der Waals surface area contributed by atoms with Crippen molar-refractivity contribution < 1.29 is 32.8 Å². The number of aliphatic carboxylic acids is 2. The van der Waals surface area contributed by atoms with Gasteiger partial charge in [0.15, 0.2) is 0 Å². The molecule has 1 atom stereocenters. The van der Waals surface area contributed by atoms with Crippen molar-refractivity contribution in [3.05, 3.63) is 30.3 Å². The van der Waals surface area contributed by atoms with E-state index in [9.17, 15) is 18.0 Å². The number of rotatable bonds is 7. The Morgan fingerprint density at radius 2 is 1.64 bits per heavy atom. The van der Waals surface area contributed by atoms with Crippen LogP contribution in [0.2, 0.25) is 0 Å². The van der Waals surface area contributed by atoms with E-state index in [1.807, 2.05) is 0 Å². The molecule has 0 spiro atoms. The molecule has 0 saturated heterocycles. The molecule has 1 unspecified atom stereocenters. The van der Waals surface area contributed by atoms with E-state index >= 15 is 0 Å². The highest BCUT2D eigenvalue weighted by molar-refractivity contribution is 7.85. The minimum absolute atomic E-state index is 0.0741. The zero-order valence-electron chi connectivity index (χ0n) is 12.2. The molecule has 0 fully saturated rings. The van der Waals surface area contributed by atoms with Gasteiger partial charge in [0.05, 0.1) is 10.8 Å². The molecule has 0 aromatic heterocycles. The summed E-state index contributed by atoms with van der Waals surface area (Å²) in [5.41, 5.74) is 0. The average molecular weight is 332 g/mol. The first-order chi connectivity index (χ1) is 10.1. The van der Waals surface area contributed by atoms with Crippen LogP contribution in [-0.2, 0) is 19.7 Å². The van der Waals surface area contributed by atoms with Gasteiger partial charge in [-0.15, -0.1) is 0 Å². The predicted octanol–water partition coefficient (Wildman–Crippen LogP) is 2.29. The van der Waals surface area contributed by atoms with Crippen LogP contribution in [0.5, 0.6) is 0 Å². The van der Waals surface area contributed by atoms with Crippen molar-refractivity contribution >= 4 is 22.1 Å². The molecule has 0 radical (unpaired) electrons. The van der Waals surface area contributed by atoms with Gasteiger partial charge in [-0.3, -0.25) is 14.1 Å². The molecule has 0 aliphatic heterocycles. The van der Waals surface area contributed by atoms with E-state index in [0.29, 0.717) is 19.3 Å². The Morgan fingerprint density at radius 1 is 1.09 bits per heavy atom. The lowest BCUT2D eigenvalue weighted by atomic mass is 10.0. The number of hydrogen-bond acceptors (Lipinski definition) is 4. The second kappa shape index (κ2) is 9.91. The van der Waals surface area contributed by atoms with Gasteiger partial charge in [0.25, 0.3) is 10.1 Å². The molecule has 7 nitrogen and oxygen atoms in total. The summed E-state index contributed by atoms with van der Waals surface area (Å²) in [5.74, 6) is -2.00. The number of carboxylic acid groups (broad SMARTS) is 2. The maximum atomic E-state index is 10.4. The van der Waals surface area contributed by atoms with Crippen molar-refractivity contribution in [3.63, 3.8) is 0 Å². The molecule has 1 aromatic carbocycles. The lowest BCUT2D eigenvalue weighted by Gasteiger charge is -2.03. The third-order valence-electron chi connectivity index (χ3n) is 2.74. The summed E-state index contributed by atoms with van der Waals surface area (Å²) in [5, 5.41) is 16.7. The average Bonchev–Trinajstić information content (AvgIpc) is 2.44. The third-order valence-corrected chi connectivity index (χ3v) is 3.61. The number of carboxylic acids is 2. The summed E-state index contributed by atoms with van der Waals surface area (Å²) < 4.78 is 29.2. The Morgan fingerprint density at radius 3 is 2.00 bits per heavy atom. The van der Waals surface area contributed by atoms with Gasteiger partial charge < -0.3 is 10.2 Å². The first kappa shape index (κ1) is 20.1. The molecule has 1 rings (SSSR count). The fourth-order valence-electron chi connectivity index (χ4n) is 1.44. The summed E-state index contributed by atoms with van der Waals surface area (Å²) in [6.45, 7) is 1.63. The molecule has 3 N–H and O–H groups in total. The SMILES string of the molecule is CC(CCCCC(=O)O)C(=O)O.O=S(=O)(O)c1ccccc1. The lowest BCUT2D eigenvalue weighted by Crippen LogP contribution is -2.09. The van der Waals surface area contributed by atoms with Crippen LogP contribution < -0.4 is 0 Å². The normalized spacial score (nSPS) is 11.9. The Balaban J connectivity index is 0.000000406. The highest BCUT2D eigenvalue weighted by Crippen LogP contribution is 2.09. The van der Waals surface area contributed by atoms with Crippen LogP contribution in [0.3, 0.4) is 0 Å². The Labute approximate surface area is 129 Å². The Bertz CT molecular complexity index is 566. The van der Waals surface area contributed by atoms with Crippen LogP contribution in [0.15, 0.2) is 35.2 Å². The predicted molar refractivity (Wildman–Crippen MR) is 79.2 cm³/mol. The smallest absolute Gasteiger partial charge is 0.306 e. The van der Waals surface area contributed by atoms with Gasteiger partial charge in [-0.1, -0.05) is 31.5 Å². The molecule has 0 heterocycles. The summed E-state index contributed by atoms with van der Waals surface area (Å²) in [7, 11) is -4.00. The van der Waals surface area contributed by atoms with E-state index in [1.165, 1.54) is 12.1 Å². The highest BCUT2D eigenvalue weighted by atomic mass is 32.2.